The van der Waals surface area contributed by atoms with E-state index >= 15 is 0 Å². The molecule has 9 nitrogen and oxygen atoms in total. The maximum Gasteiger partial charge on any atom is 0.271 e. The van der Waals surface area contributed by atoms with Crippen molar-refractivity contribution in [3.63, 3.8) is 0 Å². The molecule has 1 heterocycles. The predicted octanol–water partition coefficient (Wildman–Crippen LogP) is 1.76. The highest BCUT2D eigenvalue weighted by molar-refractivity contribution is 7.99. The van der Waals surface area contributed by atoms with E-state index in [9.17, 15) is 14.9 Å². The minimum absolute atomic E-state index is 0.0726. The molecule has 116 valence electrons. The first-order valence-electron chi connectivity index (χ1n) is 6.13. The lowest BCUT2D eigenvalue weighted by molar-refractivity contribution is -0.384. The van der Waals surface area contributed by atoms with Crippen LogP contribution in [0.5, 0.6) is 5.75 Å². The number of rotatable bonds is 6. The highest BCUT2D eigenvalue weighted by atomic mass is 32.2. The number of ether oxygens (including phenoxy) is 1. The molecule has 22 heavy (non-hydrogen) atoms. The smallest absolute Gasteiger partial charge is 0.271 e. The van der Waals surface area contributed by atoms with Crippen molar-refractivity contribution in [2.75, 3.05) is 18.2 Å². The number of carbonyl (C=O) groups excluding carboxylic acids is 1. The summed E-state index contributed by atoms with van der Waals surface area (Å²) in [6.07, 6.45) is 0. The van der Waals surface area contributed by atoms with E-state index in [0.717, 1.165) is 11.8 Å². The summed E-state index contributed by atoms with van der Waals surface area (Å²) in [5.41, 5.74) is 0.113. The van der Waals surface area contributed by atoms with Gasteiger partial charge < -0.3 is 10.1 Å². The van der Waals surface area contributed by atoms with E-state index in [1.54, 1.807) is 6.92 Å². The van der Waals surface area contributed by atoms with Gasteiger partial charge in [-0.05, 0) is 13.0 Å². The fraction of sp³-hybridized carbons (Fsp3) is 0.250. The number of benzene rings is 1. The van der Waals surface area contributed by atoms with Gasteiger partial charge in [0.25, 0.3) is 5.69 Å². The van der Waals surface area contributed by atoms with Crippen LogP contribution < -0.4 is 10.1 Å². The molecule has 0 spiro atoms. The second-order valence-corrected chi connectivity index (χ2v) is 5.12. The van der Waals surface area contributed by atoms with Crippen LogP contribution in [0.1, 0.15) is 5.82 Å². The van der Waals surface area contributed by atoms with E-state index in [2.05, 4.69) is 20.5 Å². The Balaban J connectivity index is 2.03. The first kappa shape index (κ1) is 15.8. The van der Waals surface area contributed by atoms with E-state index in [4.69, 9.17) is 4.74 Å². The molecule has 1 aromatic carbocycles. The van der Waals surface area contributed by atoms with Crippen LogP contribution in [0.4, 0.5) is 11.4 Å². The second-order valence-electron chi connectivity index (χ2n) is 4.18. The number of anilines is 1. The molecular weight excluding hydrogens is 310 g/mol. The molecule has 0 aliphatic rings. The van der Waals surface area contributed by atoms with E-state index in [0.29, 0.717) is 16.7 Å². The second kappa shape index (κ2) is 6.89. The number of hydrogen-bond donors (Lipinski definition) is 2. The highest BCUT2D eigenvalue weighted by Gasteiger charge is 2.14. The molecule has 10 heteroatoms. The molecule has 1 aromatic heterocycles. The third-order valence-electron chi connectivity index (χ3n) is 2.58. The van der Waals surface area contributed by atoms with Crippen LogP contribution in [0.3, 0.4) is 0 Å². The lowest BCUT2D eigenvalue weighted by Gasteiger charge is -2.09. The molecule has 0 fully saturated rings. The van der Waals surface area contributed by atoms with Gasteiger partial charge in [-0.25, -0.2) is 4.98 Å². The van der Waals surface area contributed by atoms with Crippen molar-refractivity contribution in [3.05, 3.63) is 34.1 Å². The minimum Gasteiger partial charge on any atom is -0.495 e. The van der Waals surface area contributed by atoms with Crippen molar-refractivity contribution in [2.24, 2.45) is 0 Å². The normalized spacial score (nSPS) is 10.3. The predicted molar refractivity (Wildman–Crippen MR) is 80.1 cm³/mol. The van der Waals surface area contributed by atoms with E-state index < -0.39 is 4.92 Å². The number of carbonyl (C=O) groups is 1. The van der Waals surface area contributed by atoms with Crippen LogP contribution in [0.2, 0.25) is 0 Å². The molecule has 1 amide bonds. The summed E-state index contributed by atoms with van der Waals surface area (Å²) >= 11 is 1.15. The summed E-state index contributed by atoms with van der Waals surface area (Å²) in [4.78, 5) is 26.2. The van der Waals surface area contributed by atoms with Crippen molar-refractivity contribution in [3.8, 4) is 5.75 Å². The molecule has 2 aromatic rings. The fourth-order valence-electron chi connectivity index (χ4n) is 1.61. The van der Waals surface area contributed by atoms with Crippen LogP contribution in [0.15, 0.2) is 23.4 Å². The number of nitrogens with zero attached hydrogens (tertiary/aromatic N) is 3. The van der Waals surface area contributed by atoms with Crippen LogP contribution in [0, 0.1) is 17.0 Å². The summed E-state index contributed by atoms with van der Waals surface area (Å²) in [6, 6.07) is 3.98. The van der Waals surface area contributed by atoms with Crippen LogP contribution in [-0.2, 0) is 4.79 Å². The van der Waals surface area contributed by atoms with Gasteiger partial charge in [-0.15, -0.1) is 5.10 Å². The lowest BCUT2D eigenvalue weighted by Crippen LogP contribution is -2.15. The number of non-ortho nitro benzene ring substituents is 1. The average molecular weight is 323 g/mol. The summed E-state index contributed by atoms with van der Waals surface area (Å²) in [7, 11) is 1.42. The van der Waals surface area contributed by atoms with Gasteiger partial charge in [0.1, 0.15) is 11.6 Å². The van der Waals surface area contributed by atoms with Crippen molar-refractivity contribution in [2.45, 2.75) is 12.1 Å². The average Bonchev–Trinajstić information content (AvgIpc) is 2.90. The van der Waals surface area contributed by atoms with Crippen molar-refractivity contribution in [1.82, 2.24) is 15.2 Å². The molecule has 0 aliphatic heterocycles. The largest absolute Gasteiger partial charge is 0.495 e. The van der Waals surface area contributed by atoms with Gasteiger partial charge in [0.2, 0.25) is 11.1 Å². The number of aryl methyl sites for hydroxylation is 1. The van der Waals surface area contributed by atoms with Gasteiger partial charge in [-0.2, -0.15) is 0 Å². The minimum atomic E-state index is -0.541. The Labute approximate surface area is 129 Å². The van der Waals surface area contributed by atoms with E-state index in [1.165, 1.54) is 25.3 Å². The zero-order valence-electron chi connectivity index (χ0n) is 11.8. The SMILES string of the molecule is COc1ccc([N+](=O)[O-])cc1NC(=O)CSc1n[nH]c(C)n1. The number of aromatic nitrogens is 3. The summed E-state index contributed by atoms with van der Waals surface area (Å²) in [5.74, 6) is 0.732. The topological polar surface area (TPSA) is 123 Å². The van der Waals surface area contributed by atoms with Crippen molar-refractivity contribution >= 4 is 29.0 Å². The molecule has 0 bridgehead atoms. The Morgan fingerprint density at radius 3 is 2.91 bits per heavy atom. The molecule has 0 saturated heterocycles. The zero-order valence-corrected chi connectivity index (χ0v) is 12.6. The summed E-state index contributed by atoms with van der Waals surface area (Å²) < 4.78 is 5.07. The van der Waals surface area contributed by atoms with Crippen molar-refractivity contribution in [1.29, 1.82) is 0 Å². The summed E-state index contributed by atoms with van der Waals surface area (Å²) in [5, 5.41) is 20.4. The number of nitro benzene ring substituents is 1. The molecule has 2 rings (SSSR count). The number of aromatic amines is 1. The van der Waals surface area contributed by atoms with Gasteiger partial charge in [0, 0.05) is 12.1 Å². The maximum absolute atomic E-state index is 11.9. The third-order valence-corrected chi connectivity index (χ3v) is 3.42. The first-order chi connectivity index (χ1) is 10.5. The first-order valence-corrected chi connectivity index (χ1v) is 7.12. The quantitative estimate of drug-likeness (QED) is 0.471. The van der Waals surface area contributed by atoms with Crippen LogP contribution in [0.25, 0.3) is 0 Å². The Bertz CT molecular complexity index is 703. The standard InChI is InChI=1S/C12H13N5O4S/c1-7-13-12(16-15-7)22-6-11(18)14-9-5-8(17(19)20)3-4-10(9)21-2/h3-5H,6H2,1-2H3,(H,14,18)(H,13,15,16). The number of hydrogen-bond acceptors (Lipinski definition) is 7. The molecule has 0 atom stereocenters. The monoisotopic (exact) mass is 323 g/mol. The van der Waals surface area contributed by atoms with Gasteiger partial charge in [0.05, 0.1) is 23.5 Å². The molecule has 2 N–H and O–H groups in total. The van der Waals surface area contributed by atoms with Crippen LogP contribution in [-0.4, -0.2) is 38.9 Å². The fourth-order valence-corrected chi connectivity index (χ4v) is 2.25. The Kier molecular flexibility index (Phi) is 4.94. The lowest BCUT2D eigenvalue weighted by atomic mass is 10.2. The molecule has 0 saturated carbocycles. The number of thioether (sulfide) groups is 1. The van der Waals surface area contributed by atoms with Gasteiger partial charge in [-0.3, -0.25) is 20.0 Å². The Morgan fingerprint density at radius 2 is 2.32 bits per heavy atom. The molecule has 0 aliphatic carbocycles. The number of nitro groups is 1. The van der Waals surface area contributed by atoms with Gasteiger partial charge in [-0.1, -0.05) is 11.8 Å². The number of nitrogens with one attached hydrogen (secondary N) is 2. The van der Waals surface area contributed by atoms with E-state index in [1.807, 2.05) is 0 Å². The highest BCUT2D eigenvalue weighted by Crippen LogP contribution is 2.29. The molecular formula is C12H13N5O4S. The number of methoxy groups -OCH3 is 1. The van der Waals surface area contributed by atoms with Gasteiger partial charge >= 0.3 is 0 Å². The van der Waals surface area contributed by atoms with E-state index in [-0.39, 0.29) is 23.0 Å². The third kappa shape index (κ3) is 3.95. The summed E-state index contributed by atoms with van der Waals surface area (Å²) in [6.45, 7) is 1.76. The Hall–Kier alpha value is -2.62. The molecule has 0 unspecified atom stereocenters. The van der Waals surface area contributed by atoms with Gasteiger partial charge in [0.15, 0.2) is 0 Å². The molecule has 0 radical (unpaired) electrons. The zero-order chi connectivity index (χ0) is 16.1. The van der Waals surface area contributed by atoms with Crippen LogP contribution >= 0.6 is 11.8 Å². The number of amides is 1. The number of H-pyrrole nitrogens is 1. The Morgan fingerprint density at radius 1 is 1.55 bits per heavy atom. The van der Waals surface area contributed by atoms with Crippen molar-refractivity contribution < 1.29 is 14.5 Å². The maximum atomic E-state index is 11.9.